The number of nitriles is 1. The zero-order chi connectivity index (χ0) is 10.7. The molecule has 0 bridgehead atoms. The van der Waals surface area contributed by atoms with Crippen molar-refractivity contribution in [1.29, 1.82) is 5.26 Å². The first-order valence-corrected chi connectivity index (χ1v) is 5.24. The third-order valence-corrected chi connectivity index (χ3v) is 2.85. The Labute approximate surface area is 94.7 Å². The number of rotatable bonds is 1. The first-order chi connectivity index (χ1) is 7.29. The number of hydrogen-bond donors (Lipinski definition) is 1. The third kappa shape index (κ3) is 2.41. The van der Waals surface area contributed by atoms with Gasteiger partial charge in [0.05, 0.1) is 11.6 Å². The second-order valence-electron chi connectivity index (χ2n) is 3.46. The average molecular weight is 220 g/mol. The van der Waals surface area contributed by atoms with Crippen LogP contribution in [-0.4, -0.2) is 35.5 Å². The Kier molecular flexibility index (Phi) is 3.09. The molecule has 0 radical (unpaired) electrons. The Balaban J connectivity index is 2.12. The van der Waals surface area contributed by atoms with Gasteiger partial charge in [-0.1, -0.05) is 12.8 Å². The van der Waals surface area contributed by atoms with E-state index in [4.69, 9.17) is 5.26 Å². The van der Waals surface area contributed by atoms with Crippen LogP contribution in [0.25, 0.3) is 0 Å². The van der Waals surface area contributed by atoms with Gasteiger partial charge in [-0.2, -0.15) is 5.26 Å². The highest BCUT2D eigenvalue weighted by Gasteiger charge is 2.15. The lowest BCUT2D eigenvalue weighted by molar-refractivity contribution is 0.433. The maximum atomic E-state index is 8.79. The van der Waals surface area contributed by atoms with E-state index < -0.39 is 0 Å². The average Bonchev–Trinajstić information content (AvgIpc) is 2.30. The lowest BCUT2D eigenvalue weighted by Crippen LogP contribution is -2.42. The van der Waals surface area contributed by atoms with Crippen LogP contribution >= 0.6 is 12.8 Å². The summed E-state index contributed by atoms with van der Waals surface area (Å²) < 4.78 is 1.99. The van der Waals surface area contributed by atoms with Crippen LogP contribution in [0.1, 0.15) is 5.56 Å². The van der Waals surface area contributed by atoms with Crippen molar-refractivity contribution >= 4 is 18.6 Å². The van der Waals surface area contributed by atoms with Crippen molar-refractivity contribution in [2.45, 2.75) is 0 Å². The monoisotopic (exact) mass is 220 g/mol. The first kappa shape index (κ1) is 10.3. The van der Waals surface area contributed by atoms with Crippen LogP contribution in [-0.2, 0) is 0 Å². The Morgan fingerprint density at radius 1 is 1.33 bits per heavy atom. The lowest BCUT2D eigenvalue weighted by Gasteiger charge is -2.32. The Morgan fingerprint density at radius 2 is 2.07 bits per heavy atom. The van der Waals surface area contributed by atoms with E-state index in [0.29, 0.717) is 5.56 Å². The minimum atomic E-state index is 0.660. The number of nitrogens with zero attached hydrogens (tertiary/aromatic N) is 4. The van der Waals surface area contributed by atoms with E-state index in [1.54, 1.807) is 12.3 Å². The van der Waals surface area contributed by atoms with E-state index in [0.717, 1.165) is 32.0 Å². The molecule has 0 atom stereocenters. The zero-order valence-corrected chi connectivity index (χ0v) is 9.19. The van der Waals surface area contributed by atoms with Gasteiger partial charge in [0.15, 0.2) is 0 Å². The normalized spacial score (nSPS) is 17.5. The summed E-state index contributed by atoms with van der Waals surface area (Å²) in [6.07, 6.45) is 1.68. The number of aromatic nitrogens is 1. The van der Waals surface area contributed by atoms with Gasteiger partial charge in [-0.05, 0) is 12.1 Å². The number of thiol groups is 1. The smallest absolute Gasteiger partial charge is 0.129 e. The molecule has 1 fully saturated rings. The van der Waals surface area contributed by atoms with Crippen molar-refractivity contribution in [3.05, 3.63) is 23.9 Å². The maximum absolute atomic E-state index is 8.79. The van der Waals surface area contributed by atoms with Crippen LogP contribution < -0.4 is 4.90 Å². The molecule has 2 heterocycles. The number of anilines is 1. The fourth-order valence-corrected chi connectivity index (χ4v) is 1.76. The van der Waals surface area contributed by atoms with E-state index in [1.165, 1.54) is 0 Å². The van der Waals surface area contributed by atoms with E-state index in [1.807, 2.05) is 10.4 Å². The van der Waals surface area contributed by atoms with Crippen molar-refractivity contribution in [3.63, 3.8) is 0 Å². The Morgan fingerprint density at radius 3 is 2.73 bits per heavy atom. The standard InChI is InChI=1S/C10H12N4S/c11-8-9-1-2-12-10(7-9)13-3-5-14(15)6-4-13/h1-2,7,15H,3-6H2. The highest BCUT2D eigenvalue weighted by Crippen LogP contribution is 2.15. The molecule has 1 aromatic rings. The third-order valence-electron chi connectivity index (χ3n) is 2.45. The van der Waals surface area contributed by atoms with Gasteiger partial charge in [0.2, 0.25) is 0 Å². The summed E-state index contributed by atoms with van der Waals surface area (Å²) in [7, 11) is 0. The number of pyridine rings is 1. The van der Waals surface area contributed by atoms with Crippen molar-refractivity contribution < 1.29 is 0 Å². The summed E-state index contributed by atoms with van der Waals surface area (Å²) in [4.78, 5) is 6.44. The predicted octanol–water partition coefficient (Wildman–Crippen LogP) is 0.920. The molecular formula is C10H12N4S. The molecule has 1 saturated heterocycles. The van der Waals surface area contributed by atoms with Gasteiger partial charge in [-0.3, -0.25) is 0 Å². The van der Waals surface area contributed by atoms with Gasteiger partial charge in [-0.25, -0.2) is 9.29 Å². The van der Waals surface area contributed by atoms with Crippen LogP contribution in [0, 0.1) is 11.3 Å². The first-order valence-electron chi connectivity index (χ1n) is 4.84. The topological polar surface area (TPSA) is 43.2 Å². The summed E-state index contributed by atoms with van der Waals surface area (Å²) in [6, 6.07) is 5.67. The van der Waals surface area contributed by atoms with Crippen molar-refractivity contribution in [2.75, 3.05) is 31.1 Å². The number of piperazine rings is 1. The molecule has 1 aliphatic rings. The molecule has 0 spiro atoms. The SMILES string of the molecule is N#Cc1ccnc(N2CCN(S)CC2)c1. The molecule has 78 valence electrons. The van der Waals surface area contributed by atoms with E-state index in [-0.39, 0.29) is 0 Å². The highest BCUT2D eigenvalue weighted by atomic mass is 32.1. The summed E-state index contributed by atoms with van der Waals surface area (Å²) in [6.45, 7) is 3.65. The van der Waals surface area contributed by atoms with Crippen molar-refractivity contribution in [2.24, 2.45) is 0 Å². The Bertz CT molecular complexity index is 379. The molecule has 0 unspecified atom stereocenters. The molecule has 2 rings (SSSR count). The predicted molar refractivity (Wildman–Crippen MR) is 61.7 cm³/mol. The van der Waals surface area contributed by atoms with E-state index >= 15 is 0 Å². The van der Waals surface area contributed by atoms with Crippen LogP contribution in [0.4, 0.5) is 5.82 Å². The van der Waals surface area contributed by atoms with Gasteiger partial charge in [0, 0.05) is 32.4 Å². The molecule has 4 nitrogen and oxygen atoms in total. The van der Waals surface area contributed by atoms with Crippen LogP contribution in [0.2, 0.25) is 0 Å². The van der Waals surface area contributed by atoms with E-state index in [9.17, 15) is 0 Å². The van der Waals surface area contributed by atoms with Crippen LogP contribution in [0.3, 0.4) is 0 Å². The molecule has 0 aromatic carbocycles. The second kappa shape index (κ2) is 4.51. The van der Waals surface area contributed by atoms with Crippen molar-refractivity contribution in [3.8, 4) is 6.07 Å². The minimum Gasteiger partial charge on any atom is -0.354 e. The fraction of sp³-hybridized carbons (Fsp3) is 0.400. The molecule has 1 aliphatic heterocycles. The summed E-state index contributed by atoms with van der Waals surface area (Å²) in [5.74, 6) is 0.885. The van der Waals surface area contributed by atoms with Gasteiger partial charge in [-0.15, -0.1) is 0 Å². The van der Waals surface area contributed by atoms with Gasteiger partial charge in [0.25, 0.3) is 0 Å². The molecule has 0 amide bonds. The summed E-state index contributed by atoms with van der Waals surface area (Å²) in [5, 5.41) is 8.79. The van der Waals surface area contributed by atoms with Gasteiger partial charge >= 0.3 is 0 Å². The molecule has 0 N–H and O–H groups in total. The minimum absolute atomic E-state index is 0.660. The number of hydrogen-bond acceptors (Lipinski definition) is 5. The quantitative estimate of drug-likeness (QED) is 0.715. The second-order valence-corrected chi connectivity index (χ2v) is 4.02. The fourth-order valence-electron chi connectivity index (χ4n) is 1.59. The molecule has 0 saturated carbocycles. The zero-order valence-electron chi connectivity index (χ0n) is 8.30. The van der Waals surface area contributed by atoms with Gasteiger partial charge < -0.3 is 4.90 Å². The van der Waals surface area contributed by atoms with Crippen molar-refractivity contribution in [1.82, 2.24) is 9.29 Å². The maximum Gasteiger partial charge on any atom is 0.129 e. The molecular weight excluding hydrogens is 208 g/mol. The summed E-state index contributed by atoms with van der Waals surface area (Å²) >= 11 is 4.29. The highest BCUT2D eigenvalue weighted by molar-refractivity contribution is 7.77. The molecule has 5 heteroatoms. The van der Waals surface area contributed by atoms with E-state index in [2.05, 4.69) is 28.8 Å². The molecule has 1 aromatic heterocycles. The lowest BCUT2D eigenvalue weighted by atomic mass is 10.2. The Hall–Kier alpha value is -1.25. The molecule has 0 aliphatic carbocycles. The van der Waals surface area contributed by atoms with Gasteiger partial charge in [0.1, 0.15) is 5.82 Å². The van der Waals surface area contributed by atoms with Crippen LogP contribution in [0.15, 0.2) is 18.3 Å². The van der Waals surface area contributed by atoms with Crippen LogP contribution in [0.5, 0.6) is 0 Å². The summed E-state index contributed by atoms with van der Waals surface area (Å²) in [5.41, 5.74) is 0.660. The molecule has 15 heavy (non-hydrogen) atoms. The largest absolute Gasteiger partial charge is 0.354 e.